The maximum atomic E-state index is 3.47. The summed E-state index contributed by atoms with van der Waals surface area (Å²) in [6, 6.07) is 16.3. The lowest BCUT2D eigenvalue weighted by Crippen LogP contribution is -2.19. The van der Waals surface area contributed by atoms with Gasteiger partial charge in [0.1, 0.15) is 0 Å². The summed E-state index contributed by atoms with van der Waals surface area (Å²) < 4.78 is 0. The smallest absolute Gasteiger partial charge is 0.0358 e. The van der Waals surface area contributed by atoms with Crippen LogP contribution in [0.25, 0.3) is 0 Å². The highest BCUT2D eigenvalue weighted by Gasteiger charge is 2.15. The molecule has 1 aliphatic rings. The van der Waals surface area contributed by atoms with E-state index < -0.39 is 0 Å². The van der Waals surface area contributed by atoms with Crippen LogP contribution < -0.4 is 5.32 Å². The van der Waals surface area contributed by atoms with Crippen LogP contribution in [0.15, 0.2) is 42.5 Å². The molecular weight excluding hydrogens is 242 g/mol. The average molecular weight is 265 g/mol. The van der Waals surface area contributed by atoms with Crippen molar-refractivity contribution in [2.75, 3.05) is 7.05 Å². The summed E-state index contributed by atoms with van der Waals surface area (Å²) in [4.78, 5) is 0. The SMILES string of the molecule is CNC(Cc1ccc(C)cc1)c1ccc2c(c1)CCC2. The minimum atomic E-state index is 0.406. The summed E-state index contributed by atoms with van der Waals surface area (Å²) in [5.41, 5.74) is 7.27. The highest BCUT2D eigenvalue weighted by atomic mass is 14.9. The van der Waals surface area contributed by atoms with Crippen molar-refractivity contribution in [2.24, 2.45) is 0 Å². The molecule has 1 heteroatoms. The molecule has 0 fully saturated rings. The molecule has 0 heterocycles. The highest BCUT2D eigenvalue weighted by molar-refractivity contribution is 5.37. The van der Waals surface area contributed by atoms with Crippen molar-refractivity contribution in [3.05, 3.63) is 70.3 Å². The summed E-state index contributed by atoms with van der Waals surface area (Å²) >= 11 is 0. The second kappa shape index (κ2) is 5.80. The van der Waals surface area contributed by atoms with Crippen LogP contribution in [-0.2, 0) is 19.3 Å². The normalized spacial score (nSPS) is 15.1. The fourth-order valence-corrected chi connectivity index (χ4v) is 3.15. The minimum absolute atomic E-state index is 0.406. The average Bonchev–Trinajstić information content (AvgIpc) is 2.94. The maximum absolute atomic E-state index is 3.47. The Balaban J connectivity index is 1.81. The van der Waals surface area contributed by atoms with Crippen LogP contribution in [-0.4, -0.2) is 7.05 Å². The van der Waals surface area contributed by atoms with E-state index in [1.54, 1.807) is 11.1 Å². The van der Waals surface area contributed by atoms with E-state index in [1.807, 2.05) is 0 Å². The first-order valence-electron chi connectivity index (χ1n) is 7.61. The van der Waals surface area contributed by atoms with Gasteiger partial charge in [-0.3, -0.25) is 0 Å². The second-order valence-corrected chi connectivity index (χ2v) is 5.91. The summed E-state index contributed by atoms with van der Waals surface area (Å²) in [7, 11) is 2.06. The molecule has 1 aliphatic carbocycles. The van der Waals surface area contributed by atoms with Crippen LogP contribution in [0.4, 0.5) is 0 Å². The van der Waals surface area contributed by atoms with Crippen molar-refractivity contribution in [1.82, 2.24) is 5.32 Å². The minimum Gasteiger partial charge on any atom is -0.313 e. The first-order valence-corrected chi connectivity index (χ1v) is 7.61. The third-order valence-electron chi connectivity index (χ3n) is 4.43. The van der Waals surface area contributed by atoms with E-state index in [2.05, 4.69) is 61.8 Å². The van der Waals surface area contributed by atoms with E-state index in [0.717, 1.165) is 6.42 Å². The molecule has 2 aromatic carbocycles. The van der Waals surface area contributed by atoms with Gasteiger partial charge in [-0.2, -0.15) is 0 Å². The van der Waals surface area contributed by atoms with Crippen molar-refractivity contribution in [2.45, 2.75) is 38.6 Å². The molecule has 1 unspecified atom stereocenters. The number of hydrogen-bond acceptors (Lipinski definition) is 1. The standard InChI is InChI=1S/C19H23N/c1-14-6-8-15(9-7-14)12-19(20-2)18-11-10-16-4-3-5-17(16)13-18/h6-11,13,19-20H,3-5,12H2,1-2H3. The van der Waals surface area contributed by atoms with Crippen LogP contribution in [0, 0.1) is 6.92 Å². The first kappa shape index (κ1) is 13.4. The largest absolute Gasteiger partial charge is 0.313 e. The van der Waals surface area contributed by atoms with Crippen molar-refractivity contribution in [1.29, 1.82) is 0 Å². The Kier molecular flexibility index (Phi) is 3.88. The molecule has 0 aliphatic heterocycles. The van der Waals surface area contributed by atoms with Gasteiger partial charge in [0, 0.05) is 6.04 Å². The Labute approximate surface area is 122 Å². The number of rotatable bonds is 4. The Hall–Kier alpha value is -1.60. The molecule has 0 radical (unpaired) electrons. The molecule has 0 amide bonds. The van der Waals surface area contributed by atoms with Gasteiger partial charge >= 0.3 is 0 Å². The zero-order chi connectivity index (χ0) is 13.9. The fraction of sp³-hybridized carbons (Fsp3) is 0.368. The molecule has 20 heavy (non-hydrogen) atoms. The molecule has 3 rings (SSSR count). The van der Waals surface area contributed by atoms with Crippen molar-refractivity contribution in [3.8, 4) is 0 Å². The fourth-order valence-electron chi connectivity index (χ4n) is 3.15. The maximum Gasteiger partial charge on any atom is 0.0358 e. The molecule has 1 nitrogen and oxygen atoms in total. The van der Waals surface area contributed by atoms with Gasteiger partial charge in [0.25, 0.3) is 0 Å². The molecule has 0 saturated carbocycles. The summed E-state index contributed by atoms with van der Waals surface area (Å²) in [6.45, 7) is 2.14. The topological polar surface area (TPSA) is 12.0 Å². The molecule has 0 bridgehead atoms. The van der Waals surface area contributed by atoms with Gasteiger partial charge in [0.05, 0.1) is 0 Å². The van der Waals surface area contributed by atoms with Gasteiger partial charge < -0.3 is 5.32 Å². The lowest BCUT2D eigenvalue weighted by Gasteiger charge is -2.18. The Morgan fingerprint density at radius 3 is 2.50 bits per heavy atom. The molecular formula is C19H23N. The molecule has 0 aromatic heterocycles. The highest BCUT2D eigenvalue weighted by Crippen LogP contribution is 2.26. The number of nitrogens with one attached hydrogen (secondary N) is 1. The lowest BCUT2D eigenvalue weighted by molar-refractivity contribution is 0.591. The zero-order valence-electron chi connectivity index (χ0n) is 12.4. The van der Waals surface area contributed by atoms with Crippen LogP contribution in [0.2, 0.25) is 0 Å². The van der Waals surface area contributed by atoms with Gasteiger partial charge in [-0.1, -0.05) is 48.0 Å². The quantitative estimate of drug-likeness (QED) is 0.881. The summed E-state index contributed by atoms with van der Waals surface area (Å²) in [5.74, 6) is 0. The molecule has 1 N–H and O–H groups in total. The third-order valence-corrected chi connectivity index (χ3v) is 4.43. The van der Waals surface area contributed by atoms with Gasteiger partial charge in [-0.05, 0) is 61.9 Å². The zero-order valence-corrected chi connectivity index (χ0v) is 12.4. The number of aryl methyl sites for hydroxylation is 3. The molecule has 1 atom stereocenters. The van der Waals surface area contributed by atoms with E-state index in [4.69, 9.17) is 0 Å². The lowest BCUT2D eigenvalue weighted by atomic mass is 9.96. The summed E-state index contributed by atoms with van der Waals surface area (Å²) in [5, 5.41) is 3.47. The molecule has 104 valence electrons. The van der Waals surface area contributed by atoms with Crippen LogP contribution >= 0.6 is 0 Å². The molecule has 2 aromatic rings. The number of fused-ring (bicyclic) bond motifs is 1. The van der Waals surface area contributed by atoms with Gasteiger partial charge in [-0.15, -0.1) is 0 Å². The van der Waals surface area contributed by atoms with Crippen LogP contribution in [0.1, 0.15) is 40.3 Å². The van der Waals surface area contributed by atoms with Crippen molar-refractivity contribution in [3.63, 3.8) is 0 Å². The number of benzene rings is 2. The Bertz CT molecular complexity index is 583. The van der Waals surface area contributed by atoms with E-state index in [1.165, 1.54) is 36.0 Å². The van der Waals surface area contributed by atoms with E-state index in [-0.39, 0.29) is 0 Å². The monoisotopic (exact) mass is 265 g/mol. The first-order chi connectivity index (χ1) is 9.76. The molecule has 0 spiro atoms. The van der Waals surface area contributed by atoms with Crippen molar-refractivity contribution < 1.29 is 0 Å². The van der Waals surface area contributed by atoms with Gasteiger partial charge in [0.2, 0.25) is 0 Å². The summed E-state index contributed by atoms with van der Waals surface area (Å²) in [6.07, 6.45) is 4.89. The van der Waals surface area contributed by atoms with Crippen LogP contribution in [0.3, 0.4) is 0 Å². The van der Waals surface area contributed by atoms with Crippen LogP contribution in [0.5, 0.6) is 0 Å². The van der Waals surface area contributed by atoms with E-state index in [9.17, 15) is 0 Å². The number of hydrogen-bond donors (Lipinski definition) is 1. The van der Waals surface area contributed by atoms with E-state index >= 15 is 0 Å². The number of likely N-dealkylation sites (N-methyl/N-ethyl adjacent to an activating group) is 1. The Morgan fingerprint density at radius 2 is 1.75 bits per heavy atom. The predicted molar refractivity (Wildman–Crippen MR) is 85.2 cm³/mol. The van der Waals surface area contributed by atoms with Gasteiger partial charge in [0.15, 0.2) is 0 Å². The predicted octanol–water partition coefficient (Wildman–Crippen LogP) is 3.99. The third kappa shape index (κ3) is 2.78. The van der Waals surface area contributed by atoms with Crippen molar-refractivity contribution >= 4 is 0 Å². The molecule has 0 saturated heterocycles. The van der Waals surface area contributed by atoms with Gasteiger partial charge in [-0.25, -0.2) is 0 Å². The Morgan fingerprint density at radius 1 is 1.00 bits per heavy atom. The second-order valence-electron chi connectivity index (χ2n) is 5.91. The van der Waals surface area contributed by atoms with E-state index in [0.29, 0.717) is 6.04 Å².